The third-order valence-electron chi connectivity index (χ3n) is 2.69. The van der Waals surface area contributed by atoms with Gasteiger partial charge in [0.05, 0.1) is 12.5 Å². The molecule has 0 aromatic rings. The van der Waals surface area contributed by atoms with Gasteiger partial charge >= 0.3 is 17.9 Å². The zero-order valence-electron chi connectivity index (χ0n) is 11.1. The second-order valence-corrected chi connectivity index (χ2v) is 4.26. The van der Waals surface area contributed by atoms with Gasteiger partial charge in [0.15, 0.2) is 0 Å². The van der Waals surface area contributed by atoms with Crippen LogP contribution in [0, 0.1) is 5.92 Å². The number of hydrogen-bond donors (Lipinski definition) is 2. The van der Waals surface area contributed by atoms with Gasteiger partial charge < -0.3 is 14.9 Å². The van der Waals surface area contributed by atoms with E-state index in [2.05, 4.69) is 6.58 Å². The first kappa shape index (κ1) is 17.2. The van der Waals surface area contributed by atoms with Crippen molar-refractivity contribution in [2.24, 2.45) is 5.92 Å². The average molecular weight is 272 g/mol. The van der Waals surface area contributed by atoms with E-state index in [1.165, 1.54) is 6.92 Å². The van der Waals surface area contributed by atoms with Gasteiger partial charge in [0, 0.05) is 12.5 Å². The SMILES string of the molecule is C=C(C(=O)O)C(CCCCCCOC(C)=O)C(=O)O. The zero-order valence-corrected chi connectivity index (χ0v) is 11.1. The van der Waals surface area contributed by atoms with Gasteiger partial charge in [-0.05, 0) is 12.8 Å². The Balaban J connectivity index is 3.83. The third kappa shape index (κ3) is 7.96. The standard InChI is InChI=1S/C13H20O6/c1-9(12(15)16)11(13(17)18)7-5-3-4-6-8-19-10(2)14/h11H,1,3-8H2,2H3,(H,15,16)(H,17,18). The van der Waals surface area contributed by atoms with E-state index >= 15 is 0 Å². The minimum absolute atomic E-state index is 0.258. The number of aliphatic carboxylic acids is 2. The summed E-state index contributed by atoms with van der Waals surface area (Å²) in [5, 5.41) is 17.6. The number of carboxylic acid groups (broad SMARTS) is 2. The van der Waals surface area contributed by atoms with E-state index in [0.717, 1.165) is 19.3 Å². The predicted molar refractivity (Wildman–Crippen MR) is 67.6 cm³/mol. The second-order valence-electron chi connectivity index (χ2n) is 4.26. The quantitative estimate of drug-likeness (QED) is 0.357. The minimum Gasteiger partial charge on any atom is -0.481 e. The minimum atomic E-state index is -1.28. The predicted octanol–water partition coefficient (Wildman–Crippen LogP) is 1.84. The van der Waals surface area contributed by atoms with Gasteiger partial charge in [-0.1, -0.05) is 25.8 Å². The summed E-state index contributed by atoms with van der Waals surface area (Å²) in [5.74, 6) is -3.79. The fraction of sp³-hybridized carbons (Fsp3) is 0.615. The molecule has 1 unspecified atom stereocenters. The highest BCUT2D eigenvalue weighted by atomic mass is 16.5. The van der Waals surface area contributed by atoms with Crippen molar-refractivity contribution in [2.75, 3.05) is 6.61 Å². The molecular formula is C13H20O6. The highest BCUT2D eigenvalue weighted by molar-refractivity contribution is 5.93. The van der Waals surface area contributed by atoms with Gasteiger partial charge in [0.1, 0.15) is 0 Å². The van der Waals surface area contributed by atoms with Gasteiger partial charge in [-0.25, -0.2) is 4.79 Å². The smallest absolute Gasteiger partial charge is 0.331 e. The molecule has 108 valence electrons. The average Bonchev–Trinajstić information content (AvgIpc) is 2.30. The molecule has 0 aliphatic heterocycles. The zero-order chi connectivity index (χ0) is 14.8. The molecule has 0 aliphatic carbocycles. The number of carboxylic acids is 2. The van der Waals surface area contributed by atoms with Crippen LogP contribution < -0.4 is 0 Å². The molecule has 0 aliphatic rings. The van der Waals surface area contributed by atoms with Crippen molar-refractivity contribution in [1.29, 1.82) is 0 Å². The van der Waals surface area contributed by atoms with E-state index in [1.54, 1.807) is 0 Å². The molecule has 0 fully saturated rings. The van der Waals surface area contributed by atoms with Crippen molar-refractivity contribution in [1.82, 2.24) is 0 Å². The summed E-state index contributed by atoms with van der Waals surface area (Å²) >= 11 is 0. The van der Waals surface area contributed by atoms with E-state index < -0.39 is 17.9 Å². The lowest BCUT2D eigenvalue weighted by molar-refractivity contribution is -0.144. The van der Waals surface area contributed by atoms with Crippen molar-refractivity contribution in [3.63, 3.8) is 0 Å². The number of hydrogen-bond acceptors (Lipinski definition) is 4. The van der Waals surface area contributed by atoms with Crippen molar-refractivity contribution >= 4 is 17.9 Å². The second kappa shape index (κ2) is 9.13. The fourth-order valence-corrected chi connectivity index (χ4v) is 1.62. The largest absolute Gasteiger partial charge is 0.481 e. The number of unbranched alkanes of at least 4 members (excludes halogenated alkanes) is 3. The number of esters is 1. The lowest BCUT2D eigenvalue weighted by Crippen LogP contribution is -2.20. The van der Waals surface area contributed by atoms with Crippen molar-refractivity contribution < 1.29 is 29.3 Å². The molecule has 0 heterocycles. The lowest BCUT2D eigenvalue weighted by Gasteiger charge is -2.11. The molecule has 0 amide bonds. The highest BCUT2D eigenvalue weighted by Gasteiger charge is 2.24. The maximum Gasteiger partial charge on any atom is 0.331 e. The van der Waals surface area contributed by atoms with Crippen LogP contribution in [0.3, 0.4) is 0 Å². The van der Waals surface area contributed by atoms with Gasteiger partial charge in [0.25, 0.3) is 0 Å². The first-order chi connectivity index (χ1) is 8.86. The molecule has 0 saturated carbocycles. The number of ether oxygens (including phenoxy) is 1. The summed E-state index contributed by atoms with van der Waals surface area (Å²) < 4.78 is 4.75. The van der Waals surface area contributed by atoms with Crippen LogP contribution in [0.2, 0.25) is 0 Å². The van der Waals surface area contributed by atoms with Crippen LogP contribution in [0.5, 0.6) is 0 Å². The van der Waals surface area contributed by atoms with Crippen LogP contribution in [0.1, 0.15) is 39.0 Å². The van der Waals surface area contributed by atoms with Crippen LogP contribution in [0.25, 0.3) is 0 Å². The number of rotatable bonds is 10. The molecule has 0 radical (unpaired) electrons. The molecule has 0 rings (SSSR count). The topological polar surface area (TPSA) is 101 Å². The van der Waals surface area contributed by atoms with Crippen molar-refractivity contribution in [2.45, 2.75) is 39.0 Å². The van der Waals surface area contributed by atoms with Crippen LogP contribution in [0.15, 0.2) is 12.2 Å². The van der Waals surface area contributed by atoms with Gasteiger partial charge in [-0.3, -0.25) is 9.59 Å². The Morgan fingerprint density at radius 1 is 1.11 bits per heavy atom. The van der Waals surface area contributed by atoms with E-state index in [9.17, 15) is 14.4 Å². The summed E-state index contributed by atoms with van der Waals surface area (Å²) in [5.41, 5.74) is -0.285. The molecule has 6 nitrogen and oxygen atoms in total. The molecular weight excluding hydrogens is 252 g/mol. The fourth-order valence-electron chi connectivity index (χ4n) is 1.62. The molecule has 2 N–H and O–H groups in total. The van der Waals surface area contributed by atoms with Gasteiger partial charge in [-0.15, -0.1) is 0 Å². The van der Waals surface area contributed by atoms with Crippen LogP contribution in [-0.2, 0) is 19.1 Å². The first-order valence-electron chi connectivity index (χ1n) is 6.14. The van der Waals surface area contributed by atoms with Crippen LogP contribution in [0.4, 0.5) is 0 Å². The molecule has 1 atom stereocenters. The number of carbonyl (C=O) groups is 3. The highest BCUT2D eigenvalue weighted by Crippen LogP contribution is 2.18. The summed E-state index contributed by atoms with van der Waals surface area (Å²) in [4.78, 5) is 32.1. The van der Waals surface area contributed by atoms with E-state index in [0.29, 0.717) is 13.0 Å². The summed E-state index contributed by atoms with van der Waals surface area (Å²) in [6.07, 6.45) is 3.14. The molecule has 0 aromatic heterocycles. The maximum atomic E-state index is 10.9. The monoisotopic (exact) mass is 272 g/mol. The Hall–Kier alpha value is -1.85. The molecule has 0 spiro atoms. The van der Waals surface area contributed by atoms with Gasteiger partial charge in [-0.2, -0.15) is 0 Å². The molecule has 0 aromatic carbocycles. The Morgan fingerprint density at radius 3 is 2.16 bits per heavy atom. The van der Waals surface area contributed by atoms with Gasteiger partial charge in [0.2, 0.25) is 0 Å². The van der Waals surface area contributed by atoms with E-state index in [1.807, 2.05) is 0 Å². The number of carbonyl (C=O) groups excluding carboxylic acids is 1. The molecule has 0 saturated heterocycles. The summed E-state index contributed by atoms with van der Waals surface area (Å²) in [7, 11) is 0. The molecule has 0 bridgehead atoms. The Kier molecular flexibility index (Phi) is 8.24. The van der Waals surface area contributed by atoms with E-state index in [-0.39, 0.29) is 18.0 Å². The molecule has 6 heteroatoms. The molecule has 19 heavy (non-hydrogen) atoms. The Labute approximate surface area is 112 Å². The third-order valence-corrected chi connectivity index (χ3v) is 2.69. The summed E-state index contributed by atoms with van der Waals surface area (Å²) in [6.45, 7) is 4.99. The van der Waals surface area contributed by atoms with E-state index in [4.69, 9.17) is 14.9 Å². The summed E-state index contributed by atoms with van der Waals surface area (Å²) in [6, 6.07) is 0. The lowest BCUT2D eigenvalue weighted by atomic mass is 9.94. The first-order valence-corrected chi connectivity index (χ1v) is 6.14. The van der Waals surface area contributed by atoms with Crippen molar-refractivity contribution in [3.05, 3.63) is 12.2 Å². The Bertz CT molecular complexity index is 347. The van der Waals surface area contributed by atoms with Crippen LogP contribution >= 0.6 is 0 Å². The normalized spacial score (nSPS) is 11.6. The van der Waals surface area contributed by atoms with Crippen LogP contribution in [-0.4, -0.2) is 34.7 Å². The Morgan fingerprint density at radius 2 is 1.68 bits per heavy atom. The maximum absolute atomic E-state index is 10.9. The van der Waals surface area contributed by atoms with Crippen molar-refractivity contribution in [3.8, 4) is 0 Å².